The van der Waals surface area contributed by atoms with Crippen molar-refractivity contribution in [2.45, 2.75) is 50.6 Å². The highest BCUT2D eigenvalue weighted by molar-refractivity contribution is 5.80. The molecule has 4 heteroatoms. The number of primary amides is 1. The van der Waals surface area contributed by atoms with Crippen molar-refractivity contribution < 1.29 is 9.53 Å². The van der Waals surface area contributed by atoms with E-state index < -0.39 is 0 Å². The fraction of sp³-hybridized carbons (Fsp3) is 0.909. The molecule has 1 atom stereocenters. The van der Waals surface area contributed by atoms with E-state index in [4.69, 9.17) is 10.5 Å². The van der Waals surface area contributed by atoms with E-state index in [1.54, 1.807) is 7.11 Å². The first-order valence-corrected chi connectivity index (χ1v) is 5.78. The van der Waals surface area contributed by atoms with E-state index in [0.29, 0.717) is 12.6 Å². The lowest BCUT2D eigenvalue weighted by molar-refractivity contribution is -0.121. The van der Waals surface area contributed by atoms with Gasteiger partial charge in [0.2, 0.25) is 5.91 Å². The van der Waals surface area contributed by atoms with Crippen molar-refractivity contribution in [2.75, 3.05) is 13.7 Å². The van der Waals surface area contributed by atoms with Gasteiger partial charge in [-0.25, -0.2) is 0 Å². The van der Waals surface area contributed by atoms with Crippen LogP contribution >= 0.6 is 0 Å². The van der Waals surface area contributed by atoms with Crippen LogP contribution in [0.25, 0.3) is 0 Å². The van der Waals surface area contributed by atoms with Crippen LogP contribution in [0.1, 0.15) is 38.5 Å². The van der Waals surface area contributed by atoms with E-state index in [9.17, 15) is 4.79 Å². The summed E-state index contributed by atoms with van der Waals surface area (Å²) < 4.78 is 4.97. The number of nitrogens with two attached hydrogens (primary N) is 1. The Bertz CT molecular complexity index is 189. The first-order valence-electron chi connectivity index (χ1n) is 5.78. The van der Waals surface area contributed by atoms with Gasteiger partial charge in [0, 0.05) is 13.2 Å². The molecule has 0 aromatic carbocycles. The molecule has 15 heavy (non-hydrogen) atoms. The quantitative estimate of drug-likeness (QED) is 0.665. The number of amides is 1. The van der Waals surface area contributed by atoms with Gasteiger partial charge < -0.3 is 15.8 Å². The average Bonchev–Trinajstić information content (AvgIpc) is 2.45. The van der Waals surface area contributed by atoms with Crippen molar-refractivity contribution in [3.8, 4) is 0 Å². The van der Waals surface area contributed by atoms with Gasteiger partial charge in [0.15, 0.2) is 0 Å². The van der Waals surface area contributed by atoms with Crippen LogP contribution in [-0.2, 0) is 9.53 Å². The molecule has 0 saturated heterocycles. The predicted molar refractivity (Wildman–Crippen MR) is 59.5 cm³/mol. The molecule has 1 aliphatic carbocycles. The second-order valence-corrected chi connectivity index (χ2v) is 4.27. The number of rotatable bonds is 5. The Balaban J connectivity index is 2.37. The molecule has 0 aromatic heterocycles. The van der Waals surface area contributed by atoms with Crippen molar-refractivity contribution in [3.63, 3.8) is 0 Å². The maximum atomic E-state index is 11.1. The third-order valence-corrected chi connectivity index (χ3v) is 2.97. The maximum absolute atomic E-state index is 11.1. The van der Waals surface area contributed by atoms with E-state index in [0.717, 1.165) is 12.8 Å². The lowest BCUT2D eigenvalue weighted by Gasteiger charge is -2.22. The highest BCUT2D eigenvalue weighted by Crippen LogP contribution is 2.17. The molecule has 1 rings (SSSR count). The lowest BCUT2D eigenvalue weighted by atomic mass is 10.1. The van der Waals surface area contributed by atoms with E-state index in [2.05, 4.69) is 5.32 Å². The first-order chi connectivity index (χ1) is 7.24. The maximum Gasteiger partial charge on any atom is 0.236 e. The average molecular weight is 214 g/mol. The molecule has 0 aliphatic heterocycles. The summed E-state index contributed by atoms with van der Waals surface area (Å²) in [5, 5.41) is 3.30. The lowest BCUT2D eigenvalue weighted by Crippen LogP contribution is -2.48. The van der Waals surface area contributed by atoms with E-state index in [-0.39, 0.29) is 11.9 Å². The van der Waals surface area contributed by atoms with Gasteiger partial charge in [0.05, 0.1) is 6.61 Å². The molecule has 0 heterocycles. The van der Waals surface area contributed by atoms with Crippen molar-refractivity contribution in [1.82, 2.24) is 5.32 Å². The topological polar surface area (TPSA) is 64.3 Å². The first kappa shape index (κ1) is 12.5. The fourth-order valence-corrected chi connectivity index (χ4v) is 2.11. The summed E-state index contributed by atoms with van der Waals surface area (Å²) in [5.74, 6) is -0.318. The molecule has 88 valence electrons. The highest BCUT2D eigenvalue weighted by atomic mass is 16.5. The molecule has 0 bridgehead atoms. The minimum Gasteiger partial charge on any atom is -0.383 e. The van der Waals surface area contributed by atoms with Gasteiger partial charge in [-0.2, -0.15) is 0 Å². The van der Waals surface area contributed by atoms with Gasteiger partial charge in [-0.3, -0.25) is 4.79 Å². The standard InChI is InChI=1S/C11H22N2O2/c1-15-8-10(11(12)14)13-9-6-4-2-3-5-7-9/h9-10,13H,2-8H2,1H3,(H2,12,14). The SMILES string of the molecule is COCC(NC1CCCCCC1)C(N)=O. The molecule has 1 saturated carbocycles. The summed E-state index contributed by atoms with van der Waals surface area (Å²) >= 11 is 0. The Labute approximate surface area is 91.5 Å². The van der Waals surface area contributed by atoms with E-state index in [1.807, 2.05) is 0 Å². The summed E-state index contributed by atoms with van der Waals surface area (Å²) in [6.45, 7) is 0.367. The number of carbonyl (C=O) groups is 1. The Morgan fingerprint density at radius 2 is 2.00 bits per heavy atom. The fourth-order valence-electron chi connectivity index (χ4n) is 2.11. The number of hydrogen-bond donors (Lipinski definition) is 2. The monoisotopic (exact) mass is 214 g/mol. The minimum atomic E-state index is -0.335. The van der Waals surface area contributed by atoms with Crippen molar-refractivity contribution in [2.24, 2.45) is 5.73 Å². The number of hydrogen-bond acceptors (Lipinski definition) is 3. The zero-order valence-electron chi connectivity index (χ0n) is 9.50. The molecule has 1 fully saturated rings. The van der Waals surface area contributed by atoms with Crippen LogP contribution in [0.5, 0.6) is 0 Å². The molecule has 4 nitrogen and oxygen atoms in total. The predicted octanol–water partition coefficient (Wildman–Crippen LogP) is 0.799. The Morgan fingerprint density at radius 1 is 1.40 bits per heavy atom. The number of ether oxygens (including phenoxy) is 1. The Hall–Kier alpha value is -0.610. The third-order valence-electron chi connectivity index (χ3n) is 2.97. The van der Waals surface area contributed by atoms with Crippen LogP contribution < -0.4 is 11.1 Å². The van der Waals surface area contributed by atoms with Crippen LogP contribution in [-0.4, -0.2) is 31.7 Å². The molecule has 1 unspecified atom stereocenters. The largest absolute Gasteiger partial charge is 0.383 e. The van der Waals surface area contributed by atoms with Crippen molar-refractivity contribution in [1.29, 1.82) is 0 Å². The zero-order valence-corrected chi connectivity index (χ0v) is 9.50. The smallest absolute Gasteiger partial charge is 0.236 e. The molecule has 0 spiro atoms. The molecular formula is C11H22N2O2. The molecule has 0 radical (unpaired) electrons. The number of nitrogens with one attached hydrogen (secondary N) is 1. The van der Waals surface area contributed by atoms with Crippen molar-refractivity contribution >= 4 is 5.91 Å². The summed E-state index contributed by atoms with van der Waals surface area (Å²) in [7, 11) is 1.59. The van der Waals surface area contributed by atoms with Gasteiger partial charge in [0.1, 0.15) is 6.04 Å². The van der Waals surface area contributed by atoms with Crippen LogP contribution in [0.4, 0.5) is 0 Å². The summed E-state index contributed by atoms with van der Waals surface area (Å²) in [6, 6.07) is 0.0956. The second kappa shape index (κ2) is 6.80. The number of methoxy groups -OCH3 is 1. The van der Waals surface area contributed by atoms with Gasteiger partial charge in [0.25, 0.3) is 0 Å². The van der Waals surface area contributed by atoms with Crippen molar-refractivity contribution in [3.05, 3.63) is 0 Å². The van der Waals surface area contributed by atoms with Crippen LogP contribution in [0, 0.1) is 0 Å². The summed E-state index contributed by atoms with van der Waals surface area (Å²) in [5.41, 5.74) is 5.30. The summed E-state index contributed by atoms with van der Waals surface area (Å²) in [4.78, 5) is 11.1. The van der Waals surface area contributed by atoms with Gasteiger partial charge >= 0.3 is 0 Å². The minimum absolute atomic E-state index is 0.318. The van der Waals surface area contributed by atoms with Crippen LogP contribution in [0.3, 0.4) is 0 Å². The normalized spacial score (nSPS) is 20.9. The second-order valence-electron chi connectivity index (χ2n) is 4.27. The van der Waals surface area contributed by atoms with Gasteiger partial charge in [-0.05, 0) is 12.8 Å². The molecular weight excluding hydrogens is 192 g/mol. The Kier molecular flexibility index (Phi) is 5.65. The molecule has 0 aromatic rings. The molecule has 3 N–H and O–H groups in total. The highest BCUT2D eigenvalue weighted by Gasteiger charge is 2.20. The van der Waals surface area contributed by atoms with E-state index >= 15 is 0 Å². The summed E-state index contributed by atoms with van der Waals surface area (Å²) in [6.07, 6.45) is 7.40. The molecule has 1 aliphatic rings. The third kappa shape index (κ3) is 4.62. The number of carbonyl (C=O) groups excluding carboxylic acids is 1. The van der Waals surface area contributed by atoms with Crippen LogP contribution in [0.2, 0.25) is 0 Å². The zero-order chi connectivity index (χ0) is 11.1. The molecule has 1 amide bonds. The van der Waals surface area contributed by atoms with E-state index in [1.165, 1.54) is 25.7 Å². The van der Waals surface area contributed by atoms with Gasteiger partial charge in [-0.1, -0.05) is 25.7 Å². The Morgan fingerprint density at radius 3 is 2.47 bits per heavy atom. The van der Waals surface area contributed by atoms with Gasteiger partial charge in [-0.15, -0.1) is 0 Å². The van der Waals surface area contributed by atoms with Crippen LogP contribution in [0.15, 0.2) is 0 Å².